The van der Waals surface area contributed by atoms with Crippen molar-refractivity contribution in [3.63, 3.8) is 0 Å². The number of esters is 1. The molecule has 0 amide bonds. The van der Waals surface area contributed by atoms with Crippen LogP contribution in [0.25, 0.3) is 0 Å². The summed E-state index contributed by atoms with van der Waals surface area (Å²) >= 11 is 0. The lowest BCUT2D eigenvalue weighted by Crippen LogP contribution is -2.55. The van der Waals surface area contributed by atoms with E-state index in [1.54, 1.807) is 6.07 Å². The Labute approximate surface area is 132 Å². The number of aryl methyl sites for hydroxylation is 1. The van der Waals surface area contributed by atoms with Crippen molar-refractivity contribution in [3.8, 4) is 0 Å². The fourth-order valence-corrected chi connectivity index (χ4v) is 2.61. The summed E-state index contributed by atoms with van der Waals surface area (Å²) < 4.78 is 4.71. The lowest BCUT2D eigenvalue weighted by molar-refractivity contribution is 0.0594. The Hall–Kier alpha value is -1.33. The Kier molecular flexibility index (Phi) is 6.42. The zero-order chi connectivity index (χ0) is 14.7. The molecule has 2 atom stereocenters. The summed E-state index contributed by atoms with van der Waals surface area (Å²) in [5.41, 5.74) is 2.34. The maximum Gasteiger partial charge on any atom is 0.356 e. The number of pyridine rings is 1. The van der Waals surface area contributed by atoms with Crippen molar-refractivity contribution in [2.45, 2.75) is 39.3 Å². The molecule has 1 aromatic heterocycles. The van der Waals surface area contributed by atoms with Crippen LogP contribution >= 0.6 is 12.4 Å². The van der Waals surface area contributed by atoms with Crippen molar-refractivity contribution in [2.75, 3.05) is 25.1 Å². The van der Waals surface area contributed by atoms with Gasteiger partial charge < -0.3 is 15.0 Å². The number of ether oxygens (including phenoxy) is 1. The summed E-state index contributed by atoms with van der Waals surface area (Å²) in [6.45, 7) is 8.27. The Bertz CT molecular complexity index is 496. The molecular formula is C15H24ClN3O2. The van der Waals surface area contributed by atoms with E-state index in [0.29, 0.717) is 17.8 Å². The number of hydrogen-bond donors (Lipinski definition) is 1. The van der Waals surface area contributed by atoms with Crippen LogP contribution in [-0.4, -0.2) is 43.2 Å². The minimum Gasteiger partial charge on any atom is -0.464 e. The molecular weight excluding hydrogens is 290 g/mol. The van der Waals surface area contributed by atoms with Crippen molar-refractivity contribution < 1.29 is 9.53 Å². The number of nitrogens with zero attached hydrogens (tertiary/aromatic N) is 2. The van der Waals surface area contributed by atoms with Gasteiger partial charge in [-0.1, -0.05) is 6.92 Å². The van der Waals surface area contributed by atoms with Gasteiger partial charge in [-0.2, -0.15) is 0 Å². The number of carbonyl (C=O) groups excluding carboxylic acids is 1. The van der Waals surface area contributed by atoms with Gasteiger partial charge in [0.05, 0.1) is 18.5 Å². The number of halogens is 1. The smallest absolute Gasteiger partial charge is 0.356 e. The summed E-state index contributed by atoms with van der Waals surface area (Å²) in [4.78, 5) is 18.2. The molecule has 2 heterocycles. The summed E-state index contributed by atoms with van der Waals surface area (Å²) in [6.07, 6.45) is 1.11. The number of anilines is 1. The molecule has 1 saturated heterocycles. The van der Waals surface area contributed by atoms with Crippen molar-refractivity contribution in [1.82, 2.24) is 10.3 Å². The van der Waals surface area contributed by atoms with Gasteiger partial charge in [-0.05, 0) is 32.4 Å². The van der Waals surface area contributed by atoms with E-state index in [-0.39, 0.29) is 18.4 Å². The van der Waals surface area contributed by atoms with Crippen molar-refractivity contribution in [1.29, 1.82) is 0 Å². The molecule has 0 aromatic carbocycles. The predicted molar refractivity (Wildman–Crippen MR) is 86.5 cm³/mol. The molecule has 0 unspecified atom stereocenters. The Balaban J connectivity index is 0.00000220. The van der Waals surface area contributed by atoms with Crippen LogP contribution < -0.4 is 10.2 Å². The summed E-state index contributed by atoms with van der Waals surface area (Å²) in [5.74, 6) is -0.389. The van der Waals surface area contributed by atoms with Gasteiger partial charge in [-0.3, -0.25) is 0 Å². The minimum absolute atomic E-state index is 0. The van der Waals surface area contributed by atoms with Crippen LogP contribution in [0.5, 0.6) is 0 Å². The first-order valence-electron chi connectivity index (χ1n) is 7.12. The van der Waals surface area contributed by atoms with E-state index in [9.17, 15) is 4.79 Å². The second kappa shape index (κ2) is 7.61. The summed E-state index contributed by atoms with van der Waals surface area (Å²) in [6, 6.07) is 4.64. The molecule has 0 spiro atoms. The van der Waals surface area contributed by atoms with E-state index in [1.807, 2.05) is 13.0 Å². The SMILES string of the molecule is CC[C@H]1CN(c2ccc(C(=O)OC)nc2C)[C@H](C)CN1.Cl. The van der Waals surface area contributed by atoms with Gasteiger partial charge in [0.1, 0.15) is 5.69 Å². The first-order valence-corrected chi connectivity index (χ1v) is 7.12. The van der Waals surface area contributed by atoms with E-state index in [0.717, 1.165) is 30.9 Å². The highest BCUT2D eigenvalue weighted by Gasteiger charge is 2.25. The van der Waals surface area contributed by atoms with Crippen LogP contribution in [0.2, 0.25) is 0 Å². The molecule has 118 valence electrons. The Morgan fingerprint density at radius 3 is 2.81 bits per heavy atom. The molecule has 1 N–H and O–H groups in total. The standard InChI is InChI=1S/C15H23N3O2.ClH/c1-5-12-9-18(10(2)8-16-12)14-7-6-13(15(19)20-4)17-11(14)3;/h6-7,10,12,16H,5,8-9H2,1-4H3;1H/t10-,12+;/m1./s1. The topological polar surface area (TPSA) is 54.5 Å². The third kappa shape index (κ3) is 3.86. The van der Waals surface area contributed by atoms with Crippen molar-refractivity contribution >= 4 is 24.1 Å². The van der Waals surface area contributed by atoms with Crippen LogP contribution in [-0.2, 0) is 4.74 Å². The van der Waals surface area contributed by atoms with Gasteiger partial charge in [0.2, 0.25) is 0 Å². The highest BCUT2D eigenvalue weighted by atomic mass is 35.5. The second-order valence-corrected chi connectivity index (χ2v) is 5.31. The zero-order valence-corrected chi connectivity index (χ0v) is 13.9. The minimum atomic E-state index is -0.389. The number of aromatic nitrogens is 1. The second-order valence-electron chi connectivity index (χ2n) is 5.31. The number of carbonyl (C=O) groups is 1. The first-order chi connectivity index (χ1) is 9.56. The average Bonchev–Trinajstić information content (AvgIpc) is 2.47. The Morgan fingerprint density at radius 2 is 2.24 bits per heavy atom. The molecule has 21 heavy (non-hydrogen) atoms. The molecule has 1 fully saturated rings. The number of piperazine rings is 1. The number of methoxy groups -OCH3 is 1. The summed E-state index contributed by atoms with van der Waals surface area (Å²) in [7, 11) is 1.37. The molecule has 1 aliphatic heterocycles. The van der Waals surface area contributed by atoms with Crippen molar-refractivity contribution in [3.05, 3.63) is 23.5 Å². The lowest BCUT2D eigenvalue weighted by atomic mass is 10.1. The van der Waals surface area contributed by atoms with Crippen molar-refractivity contribution in [2.24, 2.45) is 0 Å². The normalized spacial score (nSPS) is 21.6. The first kappa shape index (κ1) is 17.7. The van der Waals surface area contributed by atoms with Crippen LogP contribution in [0.4, 0.5) is 5.69 Å². The van der Waals surface area contributed by atoms with Crippen LogP contribution in [0, 0.1) is 6.92 Å². The number of hydrogen-bond acceptors (Lipinski definition) is 5. The maximum atomic E-state index is 11.5. The highest BCUT2D eigenvalue weighted by Crippen LogP contribution is 2.23. The lowest BCUT2D eigenvalue weighted by Gasteiger charge is -2.40. The molecule has 0 bridgehead atoms. The molecule has 0 aliphatic carbocycles. The fourth-order valence-electron chi connectivity index (χ4n) is 2.61. The fraction of sp³-hybridized carbons (Fsp3) is 0.600. The van der Waals surface area contributed by atoms with E-state index in [2.05, 4.69) is 29.0 Å². The molecule has 2 rings (SSSR count). The third-order valence-corrected chi connectivity index (χ3v) is 3.91. The number of nitrogens with one attached hydrogen (secondary N) is 1. The molecule has 1 aromatic rings. The quantitative estimate of drug-likeness (QED) is 0.867. The maximum absolute atomic E-state index is 11.5. The summed E-state index contributed by atoms with van der Waals surface area (Å²) in [5, 5.41) is 3.54. The largest absolute Gasteiger partial charge is 0.464 e. The van der Waals surface area contributed by atoms with Gasteiger partial charge >= 0.3 is 5.97 Å². The van der Waals surface area contributed by atoms with E-state index < -0.39 is 0 Å². The molecule has 6 heteroatoms. The van der Waals surface area contributed by atoms with Gasteiger partial charge in [0, 0.05) is 25.2 Å². The third-order valence-electron chi connectivity index (χ3n) is 3.91. The van der Waals surface area contributed by atoms with Crippen LogP contribution in [0.15, 0.2) is 12.1 Å². The van der Waals surface area contributed by atoms with E-state index in [4.69, 9.17) is 4.74 Å². The van der Waals surface area contributed by atoms with Crippen LogP contribution in [0.3, 0.4) is 0 Å². The predicted octanol–water partition coefficient (Wildman–Crippen LogP) is 2.18. The zero-order valence-electron chi connectivity index (χ0n) is 13.0. The van der Waals surface area contributed by atoms with E-state index >= 15 is 0 Å². The average molecular weight is 314 g/mol. The van der Waals surface area contributed by atoms with Gasteiger partial charge in [-0.15, -0.1) is 12.4 Å². The van der Waals surface area contributed by atoms with Gasteiger partial charge in [0.25, 0.3) is 0 Å². The molecule has 0 radical (unpaired) electrons. The van der Waals surface area contributed by atoms with Crippen LogP contribution in [0.1, 0.15) is 36.5 Å². The molecule has 5 nitrogen and oxygen atoms in total. The molecule has 1 aliphatic rings. The van der Waals surface area contributed by atoms with E-state index in [1.165, 1.54) is 7.11 Å². The monoisotopic (exact) mass is 313 g/mol. The Morgan fingerprint density at radius 1 is 1.52 bits per heavy atom. The molecule has 0 saturated carbocycles. The van der Waals surface area contributed by atoms with Gasteiger partial charge in [0.15, 0.2) is 0 Å². The number of rotatable bonds is 3. The van der Waals surface area contributed by atoms with Gasteiger partial charge in [-0.25, -0.2) is 9.78 Å². The highest BCUT2D eigenvalue weighted by molar-refractivity contribution is 5.87.